The molecule has 0 fully saturated rings. The molecule has 6 heteroatoms. The molecule has 3 N–H and O–H groups in total. The molecule has 0 aliphatic carbocycles. The van der Waals surface area contributed by atoms with Gasteiger partial charge < -0.3 is 14.9 Å². The van der Waals surface area contributed by atoms with Gasteiger partial charge in [0.1, 0.15) is 17.2 Å². The molecule has 2 rings (SSSR count). The zero-order valence-corrected chi connectivity index (χ0v) is 12.9. The lowest BCUT2D eigenvalue weighted by Crippen LogP contribution is -2.25. The van der Waals surface area contributed by atoms with E-state index in [0.717, 1.165) is 5.56 Å². The van der Waals surface area contributed by atoms with Crippen molar-refractivity contribution in [3.8, 4) is 17.2 Å². The van der Waals surface area contributed by atoms with Crippen LogP contribution < -0.4 is 10.2 Å². The topological polar surface area (TPSA) is 91.2 Å². The number of phenols is 2. The first-order valence-electron chi connectivity index (χ1n) is 7.00. The Kier molecular flexibility index (Phi) is 5.19. The number of hydrogen-bond acceptors (Lipinski definition) is 5. The maximum atomic E-state index is 11.7. The third-order valence-electron chi connectivity index (χ3n) is 3.08. The van der Waals surface area contributed by atoms with Crippen molar-refractivity contribution < 1.29 is 19.7 Å². The van der Waals surface area contributed by atoms with Crippen LogP contribution in [0.1, 0.15) is 18.1 Å². The molecule has 120 valence electrons. The predicted octanol–water partition coefficient (Wildman–Crippen LogP) is 2.33. The van der Waals surface area contributed by atoms with Crippen LogP contribution in [0, 0.1) is 6.92 Å². The van der Waals surface area contributed by atoms with Gasteiger partial charge in [0.25, 0.3) is 5.91 Å². The normalized spacial score (nSPS) is 11.1. The van der Waals surface area contributed by atoms with E-state index in [-0.39, 0.29) is 18.1 Å². The van der Waals surface area contributed by atoms with E-state index < -0.39 is 5.91 Å². The largest absolute Gasteiger partial charge is 0.508 e. The molecule has 0 atom stereocenters. The van der Waals surface area contributed by atoms with Crippen molar-refractivity contribution in [3.05, 3.63) is 53.6 Å². The molecule has 0 aromatic heterocycles. The highest BCUT2D eigenvalue weighted by molar-refractivity contribution is 6.01. The molecule has 6 nitrogen and oxygen atoms in total. The SMILES string of the molecule is C/C(=N/NC(=O)COc1cccc(C)c1)c1cc(O)ccc1O. The van der Waals surface area contributed by atoms with Gasteiger partial charge in [0.15, 0.2) is 6.61 Å². The highest BCUT2D eigenvalue weighted by Crippen LogP contribution is 2.22. The van der Waals surface area contributed by atoms with Crippen LogP contribution in [0.2, 0.25) is 0 Å². The summed E-state index contributed by atoms with van der Waals surface area (Å²) in [4.78, 5) is 11.7. The van der Waals surface area contributed by atoms with Crippen molar-refractivity contribution in [2.24, 2.45) is 5.10 Å². The number of carbonyl (C=O) groups is 1. The molecule has 0 bridgehead atoms. The van der Waals surface area contributed by atoms with Gasteiger partial charge in [-0.1, -0.05) is 12.1 Å². The average Bonchev–Trinajstić information content (AvgIpc) is 2.53. The monoisotopic (exact) mass is 314 g/mol. The Hall–Kier alpha value is -3.02. The number of hydrazone groups is 1. The fourth-order valence-corrected chi connectivity index (χ4v) is 1.91. The molecular formula is C17H18N2O4. The fraction of sp³-hybridized carbons (Fsp3) is 0.176. The molecule has 0 heterocycles. The van der Waals surface area contributed by atoms with Gasteiger partial charge in [-0.3, -0.25) is 4.79 Å². The van der Waals surface area contributed by atoms with Crippen LogP contribution in [0.15, 0.2) is 47.6 Å². The number of nitrogens with one attached hydrogen (secondary N) is 1. The van der Waals surface area contributed by atoms with Crippen molar-refractivity contribution in [3.63, 3.8) is 0 Å². The number of amides is 1. The van der Waals surface area contributed by atoms with E-state index in [2.05, 4.69) is 10.5 Å². The molecule has 0 radical (unpaired) electrons. The summed E-state index contributed by atoms with van der Waals surface area (Å²) in [6.45, 7) is 3.37. The maximum absolute atomic E-state index is 11.7. The Morgan fingerprint density at radius 1 is 1.22 bits per heavy atom. The van der Waals surface area contributed by atoms with Crippen molar-refractivity contribution in [2.45, 2.75) is 13.8 Å². The van der Waals surface area contributed by atoms with Gasteiger partial charge in [-0.2, -0.15) is 5.10 Å². The second-order valence-corrected chi connectivity index (χ2v) is 5.04. The number of ether oxygens (including phenoxy) is 1. The fourth-order valence-electron chi connectivity index (χ4n) is 1.91. The van der Waals surface area contributed by atoms with Gasteiger partial charge in [0.05, 0.1) is 5.71 Å². The zero-order valence-electron chi connectivity index (χ0n) is 12.9. The second kappa shape index (κ2) is 7.31. The summed E-state index contributed by atoms with van der Waals surface area (Å²) in [5.41, 5.74) is 4.08. The first-order valence-corrected chi connectivity index (χ1v) is 7.00. The Labute approximate surface area is 134 Å². The number of hydrogen-bond donors (Lipinski definition) is 3. The van der Waals surface area contributed by atoms with Crippen LogP contribution >= 0.6 is 0 Å². The van der Waals surface area contributed by atoms with Gasteiger partial charge in [0, 0.05) is 5.56 Å². The van der Waals surface area contributed by atoms with Crippen LogP contribution in [0.4, 0.5) is 0 Å². The lowest BCUT2D eigenvalue weighted by Gasteiger charge is -2.07. The van der Waals surface area contributed by atoms with Crippen molar-refractivity contribution in [1.82, 2.24) is 5.43 Å². The Morgan fingerprint density at radius 2 is 2.00 bits per heavy atom. The summed E-state index contributed by atoms with van der Waals surface area (Å²) in [5, 5.41) is 23.0. The van der Waals surface area contributed by atoms with Crippen LogP contribution in [-0.2, 0) is 4.79 Å². The first kappa shape index (κ1) is 16.4. The zero-order chi connectivity index (χ0) is 16.8. The number of rotatable bonds is 5. The van der Waals surface area contributed by atoms with E-state index in [9.17, 15) is 15.0 Å². The van der Waals surface area contributed by atoms with Gasteiger partial charge in [0.2, 0.25) is 0 Å². The van der Waals surface area contributed by atoms with Crippen molar-refractivity contribution in [1.29, 1.82) is 0 Å². The summed E-state index contributed by atoms with van der Waals surface area (Å²) in [6.07, 6.45) is 0. The summed E-state index contributed by atoms with van der Waals surface area (Å²) >= 11 is 0. The Balaban J connectivity index is 1.93. The summed E-state index contributed by atoms with van der Waals surface area (Å²) < 4.78 is 5.36. The Morgan fingerprint density at radius 3 is 2.74 bits per heavy atom. The summed E-state index contributed by atoms with van der Waals surface area (Å²) in [6, 6.07) is 11.4. The third-order valence-corrected chi connectivity index (χ3v) is 3.08. The van der Waals surface area contributed by atoms with E-state index in [1.807, 2.05) is 25.1 Å². The lowest BCUT2D eigenvalue weighted by atomic mass is 10.1. The minimum Gasteiger partial charge on any atom is -0.508 e. The van der Waals surface area contributed by atoms with Crippen LogP contribution in [-0.4, -0.2) is 28.4 Å². The van der Waals surface area contributed by atoms with Gasteiger partial charge in [-0.25, -0.2) is 5.43 Å². The third kappa shape index (κ3) is 4.74. The minimum absolute atomic E-state index is 0.00135. The highest BCUT2D eigenvalue weighted by Gasteiger charge is 2.07. The molecule has 0 aliphatic heterocycles. The Bertz CT molecular complexity index is 741. The minimum atomic E-state index is -0.425. The quantitative estimate of drug-likeness (QED) is 0.449. The number of carbonyl (C=O) groups excluding carboxylic acids is 1. The highest BCUT2D eigenvalue weighted by atomic mass is 16.5. The molecule has 2 aromatic rings. The molecule has 23 heavy (non-hydrogen) atoms. The predicted molar refractivity (Wildman–Crippen MR) is 86.8 cm³/mol. The van der Waals surface area contributed by atoms with Crippen LogP contribution in [0.5, 0.6) is 17.2 Å². The molecule has 0 spiro atoms. The lowest BCUT2D eigenvalue weighted by molar-refractivity contribution is -0.123. The smallest absolute Gasteiger partial charge is 0.277 e. The van der Waals surface area contributed by atoms with Crippen molar-refractivity contribution in [2.75, 3.05) is 6.61 Å². The number of phenolic OH excluding ortho intramolecular Hbond substituents is 2. The number of aromatic hydroxyl groups is 2. The molecule has 0 aliphatic rings. The average molecular weight is 314 g/mol. The summed E-state index contributed by atoms with van der Waals surface area (Å²) in [7, 11) is 0. The molecule has 0 unspecified atom stereocenters. The van der Waals surface area contributed by atoms with Gasteiger partial charge >= 0.3 is 0 Å². The molecular weight excluding hydrogens is 296 g/mol. The number of benzene rings is 2. The molecule has 1 amide bonds. The van der Waals surface area contributed by atoms with E-state index >= 15 is 0 Å². The molecule has 2 aromatic carbocycles. The van der Waals surface area contributed by atoms with E-state index in [0.29, 0.717) is 17.0 Å². The number of aryl methyl sites for hydroxylation is 1. The van der Waals surface area contributed by atoms with Crippen LogP contribution in [0.25, 0.3) is 0 Å². The molecule has 0 saturated carbocycles. The van der Waals surface area contributed by atoms with E-state index in [1.54, 1.807) is 13.0 Å². The van der Waals surface area contributed by atoms with Gasteiger partial charge in [-0.15, -0.1) is 0 Å². The van der Waals surface area contributed by atoms with E-state index in [1.165, 1.54) is 18.2 Å². The summed E-state index contributed by atoms with van der Waals surface area (Å²) in [5.74, 6) is 0.146. The van der Waals surface area contributed by atoms with Crippen molar-refractivity contribution >= 4 is 11.6 Å². The molecule has 0 saturated heterocycles. The standard InChI is InChI=1S/C17H18N2O4/c1-11-4-3-5-14(8-11)23-10-17(22)19-18-12(2)15-9-13(20)6-7-16(15)21/h3-9,20-21H,10H2,1-2H3,(H,19,22)/b18-12-. The van der Waals surface area contributed by atoms with E-state index in [4.69, 9.17) is 4.74 Å². The number of nitrogens with zero attached hydrogens (tertiary/aromatic N) is 1. The first-order chi connectivity index (χ1) is 11.0. The maximum Gasteiger partial charge on any atom is 0.277 e. The van der Waals surface area contributed by atoms with Crippen LogP contribution in [0.3, 0.4) is 0 Å². The van der Waals surface area contributed by atoms with Gasteiger partial charge in [-0.05, 0) is 49.7 Å². The second-order valence-electron chi connectivity index (χ2n) is 5.04.